The minimum Gasteiger partial charge on any atom is -0.325 e. The molecule has 0 saturated heterocycles. The first-order valence-corrected chi connectivity index (χ1v) is 6.36. The third-order valence-corrected chi connectivity index (χ3v) is 4.49. The third-order valence-electron chi connectivity index (χ3n) is 4.49. The summed E-state index contributed by atoms with van der Waals surface area (Å²) in [5.74, 6) is 0. The second-order valence-corrected chi connectivity index (χ2v) is 5.85. The van der Waals surface area contributed by atoms with Crippen molar-refractivity contribution >= 4 is 12.4 Å². The van der Waals surface area contributed by atoms with Crippen LogP contribution in [0.2, 0.25) is 0 Å². The van der Waals surface area contributed by atoms with Crippen LogP contribution < -0.4 is 5.73 Å². The number of hydrogen-bond acceptors (Lipinski definition) is 1. The SMILES string of the molecule is CC1(N)CCCCC1(C)Cc1ccccc1.Cl. The topological polar surface area (TPSA) is 26.0 Å². The Morgan fingerprint density at radius 3 is 2.24 bits per heavy atom. The summed E-state index contributed by atoms with van der Waals surface area (Å²) >= 11 is 0. The van der Waals surface area contributed by atoms with Crippen LogP contribution in [0.15, 0.2) is 30.3 Å². The van der Waals surface area contributed by atoms with Crippen molar-refractivity contribution in [3.8, 4) is 0 Å². The zero-order valence-electron chi connectivity index (χ0n) is 10.9. The highest BCUT2D eigenvalue weighted by Gasteiger charge is 2.43. The lowest BCUT2D eigenvalue weighted by Gasteiger charge is -2.48. The molecule has 0 radical (unpaired) electrons. The highest BCUT2D eigenvalue weighted by atomic mass is 35.5. The first-order chi connectivity index (χ1) is 7.54. The molecule has 0 aliphatic heterocycles. The van der Waals surface area contributed by atoms with E-state index in [4.69, 9.17) is 5.73 Å². The predicted octanol–water partition coefficient (Wildman–Crippen LogP) is 3.95. The Bertz CT molecular complexity index is 347. The Labute approximate surface area is 111 Å². The highest BCUT2D eigenvalue weighted by molar-refractivity contribution is 5.85. The molecule has 1 aliphatic rings. The van der Waals surface area contributed by atoms with Gasteiger partial charge < -0.3 is 5.73 Å². The maximum absolute atomic E-state index is 6.50. The summed E-state index contributed by atoms with van der Waals surface area (Å²) in [4.78, 5) is 0. The van der Waals surface area contributed by atoms with Crippen LogP contribution in [0.5, 0.6) is 0 Å². The minimum absolute atomic E-state index is 0. The van der Waals surface area contributed by atoms with Crippen molar-refractivity contribution < 1.29 is 0 Å². The smallest absolute Gasteiger partial charge is 0.0183 e. The lowest BCUT2D eigenvalue weighted by Crippen LogP contribution is -2.54. The molecule has 2 N–H and O–H groups in total. The Hall–Kier alpha value is -0.530. The van der Waals surface area contributed by atoms with Gasteiger partial charge in [0.25, 0.3) is 0 Å². The van der Waals surface area contributed by atoms with Crippen molar-refractivity contribution in [2.24, 2.45) is 11.1 Å². The predicted molar refractivity (Wildman–Crippen MR) is 76.6 cm³/mol. The fraction of sp³-hybridized carbons (Fsp3) is 0.600. The van der Waals surface area contributed by atoms with Crippen molar-refractivity contribution in [3.63, 3.8) is 0 Å². The lowest BCUT2D eigenvalue weighted by atomic mass is 9.61. The maximum Gasteiger partial charge on any atom is 0.0183 e. The van der Waals surface area contributed by atoms with Crippen LogP contribution in [0.1, 0.15) is 45.1 Å². The van der Waals surface area contributed by atoms with Crippen molar-refractivity contribution in [3.05, 3.63) is 35.9 Å². The van der Waals surface area contributed by atoms with E-state index in [1.165, 1.54) is 24.8 Å². The third kappa shape index (κ3) is 3.02. The highest BCUT2D eigenvalue weighted by Crippen LogP contribution is 2.44. The zero-order chi connectivity index (χ0) is 11.6. The molecular formula is C15H24ClN. The quantitative estimate of drug-likeness (QED) is 0.849. The van der Waals surface area contributed by atoms with Crippen LogP contribution >= 0.6 is 12.4 Å². The summed E-state index contributed by atoms with van der Waals surface area (Å²) in [5.41, 5.74) is 8.17. The second kappa shape index (κ2) is 5.41. The summed E-state index contributed by atoms with van der Waals surface area (Å²) in [7, 11) is 0. The first-order valence-electron chi connectivity index (χ1n) is 6.36. The van der Waals surface area contributed by atoms with E-state index in [2.05, 4.69) is 44.2 Å². The minimum atomic E-state index is -0.0128. The van der Waals surface area contributed by atoms with E-state index in [0.29, 0.717) is 0 Å². The van der Waals surface area contributed by atoms with Gasteiger partial charge in [-0.3, -0.25) is 0 Å². The number of nitrogens with two attached hydrogens (primary N) is 1. The van der Waals surface area contributed by atoms with E-state index in [9.17, 15) is 0 Å². The van der Waals surface area contributed by atoms with Crippen LogP contribution in [0.3, 0.4) is 0 Å². The Kier molecular flexibility index (Phi) is 4.62. The molecule has 1 aliphatic carbocycles. The number of benzene rings is 1. The van der Waals surface area contributed by atoms with E-state index < -0.39 is 0 Å². The second-order valence-electron chi connectivity index (χ2n) is 5.85. The van der Waals surface area contributed by atoms with Crippen LogP contribution in [0, 0.1) is 5.41 Å². The van der Waals surface area contributed by atoms with Gasteiger partial charge in [0.05, 0.1) is 0 Å². The van der Waals surface area contributed by atoms with Crippen molar-refractivity contribution in [2.45, 2.75) is 51.5 Å². The molecule has 0 heterocycles. The standard InChI is InChI=1S/C15H23N.ClH/c1-14(10-6-7-11-15(14,2)16)12-13-8-4-3-5-9-13;/h3-5,8-9H,6-7,10-12,16H2,1-2H3;1H. The number of rotatable bonds is 2. The molecular weight excluding hydrogens is 230 g/mol. The molecule has 0 bridgehead atoms. The largest absolute Gasteiger partial charge is 0.325 e. The zero-order valence-corrected chi connectivity index (χ0v) is 11.7. The van der Waals surface area contributed by atoms with Gasteiger partial charge >= 0.3 is 0 Å². The summed E-state index contributed by atoms with van der Waals surface area (Å²) in [5, 5.41) is 0. The average molecular weight is 254 g/mol. The normalized spacial score (nSPS) is 32.9. The Balaban J connectivity index is 0.00000144. The molecule has 2 rings (SSSR count). The van der Waals surface area contributed by atoms with Gasteiger partial charge in [-0.1, -0.05) is 50.1 Å². The van der Waals surface area contributed by atoms with E-state index in [0.717, 1.165) is 12.8 Å². The Morgan fingerprint density at radius 1 is 1.06 bits per heavy atom. The maximum atomic E-state index is 6.50. The molecule has 2 heteroatoms. The Morgan fingerprint density at radius 2 is 1.65 bits per heavy atom. The fourth-order valence-electron chi connectivity index (χ4n) is 2.93. The molecule has 1 fully saturated rings. The van der Waals surface area contributed by atoms with Gasteiger partial charge in [0.1, 0.15) is 0 Å². The monoisotopic (exact) mass is 253 g/mol. The molecule has 0 spiro atoms. The first kappa shape index (κ1) is 14.5. The van der Waals surface area contributed by atoms with Gasteiger partial charge in [0.2, 0.25) is 0 Å². The van der Waals surface area contributed by atoms with Crippen molar-refractivity contribution in [1.29, 1.82) is 0 Å². The van der Waals surface area contributed by atoms with Crippen LogP contribution in [0.25, 0.3) is 0 Å². The summed E-state index contributed by atoms with van der Waals surface area (Å²) in [6.07, 6.45) is 6.15. The van der Waals surface area contributed by atoms with Gasteiger partial charge in [-0.25, -0.2) is 0 Å². The number of hydrogen-bond donors (Lipinski definition) is 1. The van der Waals surface area contributed by atoms with Gasteiger partial charge in [0.15, 0.2) is 0 Å². The molecule has 17 heavy (non-hydrogen) atoms. The van der Waals surface area contributed by atoms with Gasteiger partial charge in [-0.15, -0.1) is 12.4 Å². The number of halogens is 1. The molecule has 1 nitrogen and oxygen atoms in total. The van der Waals surface area contributed by atoms with E-state index in [1.807, 2.05) is 0 Å². The van der Waals surface area contributed by atoms with E-state index in [1.54, 1.807) is 0 Å². The van der Waals surface area contributed by atoms with Gasteiger partial charge in [-0.05, 0) is 37.2 Å². The van der Waals surface area contributed by atoms with Gasteiger partial charge in [0, 0.05) is 5.54 Å². The summed E-state index contributed by atoms with van der Waals surface area (Å²) in [6, 6.07) is 10.8. The molecule has 0 aromatic heterocycles. The van der Waals surface area contributed by atoms with Crippen LogP contribution in [-0.4, -0.2) is 5.54 Å². The van der Waals surface area contributed by atoms with E-state index >= 15 is 0 Å². The van der Waals surface area contributed by atoms with E-state index in [-0.39, 0.29) is 23.4 Å². The lowest BCUT2D eigenvalue weighted by molar-refractivity contribution is 0.0947. The molecule has 1 aromatic rings. The molecule has 96 valence electrons. The molecule has 2 atom stereocenters. The van der Waals surface area contributed by atoms with Crippen molar-refractivity contribution in [1.82, 2.24) is 0 Å². The van der Waals surface area contributed by atoms with Crippen LogP contribution in [-0.2, 0) is 6.42 Å². The molecule has 1 saturated carbocycles. The average Bonchev–Trinajstić information content (AvgIpc) is 2.24. The summed E-state index contributed by atoms with van der Waals surface area (Å²) in [6.45, 7) is 4.59. The molecule has 2 unspecified atom stereocenters. The molecule has 0 amide bonds. The van der Waals surface area contributed by atoms with Crippen LogP contribution in [0.4, 0.5) is 0 Å². The van der Waals surface area contributed by atoms with Crippen molar-refractivity contribution in [2.75, 3.05) is 0 Å². The summed E-state index contributed by atoms with van der Waals surface area (Å²) < 4.78 is 0. The molecule has 1 aromatic carbocycles. The van der Waals surface area contributed by atoms with Gasteiger partial charge in [-0.2, -0.15) is 0 Å². The fourth-order valence-corrected chi connectivity index (χ4v) is 2.93.